The lowest BCUT2D eigenvalue weighted by Gasteiger charge is -2.27. The third-order valence-electron chi connectivity index (χ3n) is 4.91. The average Bonchev–Trinajstić information content (AvgIpc) is 2.77. The average molecular weight is 392 g/mol. The fourth-order valence-electron chi connectivity index (χ4n) is 3.26. The molecular formula is C23H29N5O. The molecular weight excluding hydrogens is 362 g/mol. The lowest BCUT2D eigenvalue weighted by molar-refractivity contribution is 0.0341. The van der Waals surface area contributed by atoms with E-state index in [0.717, 1.165) is 57.5 Å². The zero-order chi connectivity index (χ0) is 20.3. The summed E-state index contributed by atoms with van der Waals surface area (Å²) in [6.07, 6.45) is 0. The Morgan fingerprint density at radius 2 is 1.79 bits per heavy atom. The summed E-state index contributed by atoms with van der Waals surface area (Å²) in [5.74, 6) is 0.790. The molecule has 3 rings (SSSR count). The van der Waals surface area contributed by atoms with E-state index in [4.69, 9.17) is 10.00 Å². The number of benzene rings is 2. The minimum absolute atomic E-state index is 0.566. The van der Waals surface area contributed by atoms with Crippen LogP contribution in [0.15, 0.2) is 53.5 Å². The molecule has 1 heterocycles. The number of nitriles is 1. The van der Waals surface area contributed by atoms with E-state index in [1.165, 1.54) is 11.1 Å². The molecule has 0 aromatic heterocycles. The van der Waals surface area contributed by atoms with Crippen LogP contribution in [0.1, 0.15) is 29.2 Å². The van der Waals surface area contributed by atoms with Crippen LogP contribution in [-0.4, -0.2) is 43.7 Å². The molecule has 0 amide bonds. The summed E-state index contributed by atoms with van der Waals surface area (Å²) >= 11 is 0. The van der Waals surface area contributed by atoms with Crippen molar-refractivity contribution in [1.82, 2.24) is 15.5 Å². The van der Waals surface area contributed by atoms with Gasteiger partial charge in [-0.1, -0.05) is 36.4 Å². The molecule has 1 aliphatic rings. The quantitative estimate of drug-likeness (QED) is 0.561. The largest absolute Gasteiger partial charge is 0.379 e. The molecule has 0 spiro atoms. The Hall–Kier alpha value is -2.88. The first kappa shape index (κ1) is 20.8. The van der Waals surface area contributed by atoms with Crippen LogP contribution in [0.2, 0.25) is 0 Å². The Kier molecular flexibility index (Phi) is 8.05. The molecule has 0 aliphatic carbocycles. The number of nitrogens with one attached hydrogen (secondary N) is 2. The Balaban J connectivity index is 1.61. The first-order valence-corrected chi connectivity index (χ1v) is 10.2. The molecule has 1 saturated heterocycles. The van der Waals surface area contributed by atoms with Gasteiger partial charge in [-0.3, -0.25) is 4.90 Å². The maximum atomic E-state index is 8.91. The normalized spacial score (nSPS) is 15.0. The fourth-order valence-corrected chi connectivity index (χ4v) is 3.26. The van der Waals surface area contributed by atoms with E-state index < -0.39 is 0 Å². The van der Waals surface area contributed by atoms with Crippen LogP contribution in [0.25, 0.3) is 0 Å². The molecule has 0 unspecified atom stereocenters. The summed E-state index contributed by atoms with van der Waals surface area (Å²) in [7, 11) is 0. The molecule has 0 radical (unpaired) electrons. The predicted octanol–water partition coefficient (Wildman–Crippen LogP) is 2.65. The zero-order valence-electron chi connectivity index (χ0n) is 17.0. The van der Waals surface area contributed by atoms with Gasteiger partial charge < -0.3 is 15.4 Å². The van der Waals surface area contributed by atoms with Gasteiger partial charge in [0.05, 0.1) is 31.4 Å². The van der Waals surface area contributed by atoms with Crippen molar-refractivity contribution in [3.05, 3.63) is 70.8 Å². The molecule has 0 atom stereocenters. The summed E-state index contributed by atoms with van der Waals surface area (Å²) in [6.45, 7) is 8.68. The van der Waals surface area contributed by atoms with Crippen LogP contribution < -0.4 is 10.6 Å². The highest BCUT2D eigenvalue weighted by Gasteiger charge is 2.12. The highest BCUT2D eigenvalue weighted by molar-refractivity contribution is 5.79. The van der Waals surface area contributed by atoms with Gasteiger partial charge in [-0.2, -0.15) is 5.26 Å². The smallest absolute Gasteiger partial charge is 0.191 e. The second-order valence-electron chi connectivity index (χ2n) is 7.01. The van der Waals surface area contributed by atoms with Crippen LogP contribution in [0.5, 0.6) is 0 Å². The molecule has 0 bridgehead atoms. The topological polar surface area (TPSA) is 72.7 Å². The standard InChI is InChI=1S/C23H29N5O/c1-2-25-23(26-16-20-9-7-19(15-24)8-10-20)27-17-21-5-3-4-6-22(21)18-28-11-13-29-14-12-28/h3-10H,2,11-14,16-18H2,1H3,(H2,25,26,27). The number of guanidine groups is 1. The number of morpholine rings is 1. The predicted molar refractivity (Wildman–Crippen MR) is 115 cm³/mol. The maximum Gasteiger partial charge on any atom is 0.191 e. The number of rotatable bonds is 7. The summed E-state index contributed by atoms with van der Waals surface area (Å²) < 4.78 is 5.46. The van der Waals surface area contributed by atoms with Crippen molar-refractivity contribution in [2.75, 3.05) is 32.8 Å². The molecule has 2 N–H and O–H groups in total. The minimum atomic E-state index is 0.566. The van der Waals surface area contributed by atoms with Gasteiger partial charge >= 0.3 is 0 Å². The SMILES string of the molecule is CCNC(=NCc1ccc(C#N)cc1)NCc1ccccc1CN1CCOCC1. The summed E-state index contributed by atoms with van der Waals surface area (Å²) in [4.78, 5) is 7.12. The van der Waals surface area contributed by atoms with Crippen molar-refractivity contribution in [1.29, 1.82) is 5.26 Å². The van der Waals surface area contributed by atoms with Gasteiger partial charge in [0, 0.05) is 32.7 Å². The molecule has 0 saturated carbocycles. The van der Waals surface area contributed by atoms with Crippen molar-refractivity contribution in [2.24, 2.45) is 4.99 Å². The van der Waals surface area contributed by atoms with Crippen molar-refractivity contribution < 1.29 is 4.74 Å². The number of aliphatic imine (C=N–C) groups is 1. The maximum absolute atomic E-state index is 8.91. The first-order chi connectivity index (χ1) is 14.3. The highest BCUT2D eigenvalue weighted by atomic mass is 16.5. The van der Waals surface area contributed by atoms with E-state index in [1.807, 2.05) is 24.3 Å². The van der Waals surface area contributed by atoms with E-state index >= 15 is 0 Å². The Bertz CT molecular complexity index is 835. The van der Waals surface area contributed by atoms with Crippen molar-refractivity contribution in [3.63, 3.8) is 0 Å². The van der Waals surface area contributed by atoms with E-state index in [2.05, 4.69) is 57.8 Å². The van der Waals surface area contributed by atoms with Gasteiger partial charge in [0.25, 0.3) is 0 Å². The van der Waals surface area contributed by atoms with E-state index in [0.29, 0.717) is 12.1 Å². The van der Waals surface area contributed by atoms with Crippen molar-refractivity contribution in [2.45, 2.75) is 26.6 Å². The highest BCUT2D eigenvalue weighted by Crippen LogP contribution is 2.13. The van der Waals surface area contributed by atoms with Crippen molar-refractivity contribution >= 4 is 5.96 Å². The number of ether oxygens (including phenoxy) is 1. The summed E-state index contributed by atoms with van der Waals surface area (Å²) in [5, 5.41) is 15.7. The molecule has 6 nitrogen and oxygen atoms in total. The molecule has 2 aromatic carbocycles. The summed E-state index contributed by atoms with van der Waals surface area (Å²) in [5.41, 5.74) is 4.36. The van der Waals surface area contributed by atoms with Gasteiger partial charge in [0.1, 0.15) is 0 Å². The van der Waals surface area contributed by atoms with Gasteiger partial charge in [0.15, 0.2) is 5.96 Å². The zero-order valence-corrected chi connectivity index (χ0v) is 17.0. The third kappa shape index (κ3) is 6.60. The van der Waals surface area contributed by atoms with Crippen LogP contribution in [0, 0.1) is 11.3 Å². The molecule has 6 heteroatoms. The van der Waals surface area contributed by atoms with Gasteiger partial charge in [-0.05, 0) is 35.7 Å². The molecule has 152 valence electrons. The summed E-state index contributed by atoms with van der Waals surface area (Å²) in [6, 6.07) is 18.2. The fraction of sp³-hybridized carbons (Fsp3) is 0.391. The molecule has 2 aromatic rings. The Labute approximate surface area is 173 Å². The van der Waals surface area contributed by atoms with Gasteiger partial charge in [-0.15, -0.1) is 0 Å². The first-order valence-electron chi connectivity index (χ1n) is 10.2. The van der Waals surface area contributed by atoms with Gasteiger partial charge in [0.2, 0.25) is 0 Å². The molecule has 1 fully saturated rings. The number of nitrogens with zero attached hydrogens (tertiary/aromatic N) is 3. The van der Waals surface area contributed by atoms with Crippen molar-refractivity contribution in [3.8, 4) is 6.07 Å². The van der Waals surface area contributed by atoms with Crippen LogP contribution in [-0.2, 0) is 24.4 Å². The number of hydrogen-bond donors (Lipinski definition) is 2. The lowest BCUT2D eigenvalue weighted by Crippen LogP contribution is -2.38. The van der Waals surface area contributed by atoms with Gasteiger partial charge in [-0.25, -0.2) is 4.99 Å². The molecule has 1 aliphatic heterocycles. The third-order valence-corrected chi connectivity index (χ3v) is 4.91. The molecule has 29 heavy (non-hydrogen) atoms. The van der Waals surface area contributed by atoms with E-state index in [9.17, 15) is 0 Å². The van der Waals surface area contributed by atoms with E-state index in [1.54, 1.807) is 0 Å². The van der Waals surface area contributed by atoms with Crippen LogP contribution in [0.4, 0.5) is 0 Å². The Morgan fingerprint density at radius 1 is 1.07 bits per heavy atom. The van der Waals surface area contributed by atoms with Crippen LogP contribution in [0.3, 0.4) is 0 Å². The second-order valence-corrected chi connectivity index (χ2v) is 7.01. The Morgan fingerprint density at radius 3 is 2.48 bits per heavy atom. The monoisotopic (exact) mass is 391 g/mol. The minimum Gasteiger partial charge on any atom is -0.379 e. The lowest BCUT2D eigenvalue weighted by atomic mass is 10.1. The van der Waals surface area contributed by atoms with E-state index in [-0.39, 0.29) is 0 Å². The van der Waals surface area contributed by atoms with Crippen LogP contribution >= 0.6 is 0 Å². The second kappa shape index (κ2) is 11.2. The number of hydrogen-bond acceptors (Lipinski definition) is 4.